The van der Waals surface area contributed by atoms with Gasteiger partial charge in [-0.3, -0.25) is 4.90 Å². The molecular weight excluding hydrogens is 242 g/mol. The molecule has 1 aliphatic heterocycles. The minimum Gasteiger partial charge on any atom is -0.430 e. The molecule has 0 bridgehead atoms. The lowest BCUT2D eigenvalue weighted by atomic mass is 10.2. The van der Waals surface area contributed by atoms with E-state index in [9.17, 15) is 9.90 Å². The molecule has 0 aromatic heterocycles. The van der Waals surface area contributed by atoms with Crippen LogP contribution in [0.2, 0.25) is 0 Å². The van der Waals surface area contributed by atoms with Crippen LogP contribution in [0.1, 0.15) is 18.2 Å². The lowest BCUT2D eigenvalue weighted by molar-refractivity contribution is 0.00292. The number of halogens is 1. The van der Waals surface area contributed by atoms with Gasteiger partial charge in [-0.2, -0.15) is 0 Å². The molecule has 1 N–H and O–H groups in total. The Hall–Kier alpha value is -1.10. The monoisotopic (exact) mass is 255 g/mol. The molecule has 2 rings (SSSR count). The molecule has 1 aromatic rings. The van der Waals surface area contributed by atoms with Crippen LogP contribution in [0.15, 0.2) is 30.3 Å². The molecule has 1 heterocycles. The number of likely N-dealkylation sites (tertiary alicyclic amines) is 1. The van der Waals surface area contributed by atoms with Gasteiger partial charge >= 0.3 is 5.43 Å². The summed E-state index contributed by atoms with van der Waals surface area (Å²) in [5.74, 6) is 0. The summed E-state index contributed by atoms with van der Waals surface area (Å²) in [6, 6.07) is 9.38. The maximum absolute atomic E-state index is 10.9. The highest BCUT2D eigenvalue weighted by Crippen LogP contribution is 2.27. The molecule has 1 fully saturated rings. The van der Waals surface area contributed by atoms with E-state index in [1.165, 1.54) is 0 Å². The third kappa shape index (κ3) is 3.19. The molecule has 0 aliphatic carbocycles. The van der Waals surface area contributed by atoms with E-state index >= 15 is 0 Å². The number of β-amino-alcohol motifs (C(OH)–C–C–N with tert-alkyl or cyclic N) is 1. The number of hydrogen-bond donors (Lipinski definition) is 1. The summed E-state index contributed by atoms with van der Waals surface area (Å²) in [6.07, 6.45) is -0.197. The molecule has 2 atom stereocenters. The number of hydrogen-bond acceptors (Lipinski definition) is 4. The van der Waals surface area contributed by atoms with E-state index in [1.807, 2.05) is 35.2 Å². The topological polar surface area (TPSA) is 49.8 Å². The van der Waals surface area contributed by atoms with Crippen LogP contribution < -0.4 is 0 Å². The fourth-order valence-electron chi connectivity index (χ4n) is 2.04. The average Bonchev–Trinajstić information content (AvgIpc) is 2.73. The van der Waals surface area contributed by atoms with E-state index in [1.54, 1.807) is 0 Å². The first-order chi connectivity index (χ1) is 8.16. The Kier molecular flexibility index (Phi) is 3.99. The van der Waals surface area contributed by atoms with Crippen molar-refractivity contribution < 1.29 is 14.6 Å². The van der Waals surface area contributed by atoms with Gasteiger partial charge < -0.3 is 9.84 Å². The highest BCUT2D eigenvalue weighted by molar-refractivity contribution is 6.61. The van der Waals surface area contributed by atoms with Gasteiger partial charge in [-0.15, -0.1) is 0 Å². The van der Waals surface area contributed by atoms with Crippen LogP contribution in [-0.4, -0.2) is 34.6 Å². The summed E-state index contributed by atoms with van der Waals surface area (Å²) in [4.78, 5) is 12.8. The van der Waals surface area contributed by atoms with Gasteiger partial charge in [0.1, 0.15) is 0 Å². The Morgan fingerprint density at radius 3 is 2.71 bits per heavy atom. The van der Waals surface area contributed by atoms with Crippen molar-refractivity contribution in [2.75, 3.05) is 13.1 Å². The predicted molar refractivity (Wildman–Crippen MR) is 63.7 cm³/mol. The van der Waals surface area contributed by atoms with E-state index in [0.29, 0.717) is 19.5 Å². The quantitative estimate of drug-likeness (QED) is 0.841. The fourth-order valence-corrected chi connectivity index (χ4v) is 2.12. The Labute approximate surface area is 105 Å². The number of ether oxygens (including phenoxy) is 1. The maximum atomic E-state index is 10.9. The van der Waals surface area contributed by atoms with Gasteiger partial charge in [0, 0.05) is 30.3 Å². The third-order valence-corrected chi connectivity index (χ3v) is 2.90. The maximum Gasteiger partial charge on any atom is 0.405 e. The van der Waals surface area contributed by atoms with Gasteiger partial charge in [-0.05, 0) is 6.42 Å². The van der Waals surface area contributed by atoms with Gasteiger partial charge in [0.2, 0.25) is 0 Å². The zero-order chi connectivity index (χ0) is 12.3. The number of nitrogens with zero attached hydrogens (tertiary/aromatic N) is 1. The van der Waals surface area contributed by atoms with Crippen LogP contribution in [0, 0.1) is 0 Å². The van der Waals surface area contributed by atoms with E-state index in [4.69, 9.17) is 16.3 Å². The molecule has 1 saturated heterocycles. The van der Waals surface area contributed by atoms with Crippen molar-refractivity contribution in [3.63, 3.8) is 0 Å². The second-order valence-electron chi connectivity index (χ2n) is 4.06. The summed E-state index contributed by atoms with van der Waals surface area (Å²) in [6.45, 7) is 1.18. The normalized spacial score (nSPS) is 22.4. The van der Waals surface area contributed by atoms with Crippen molar-refractivity contribution in [1.29, 1.82) is 0 Å². The predicted octanol–water partition coefficient (Wildman–Crippen LogP) is 2.13. The van der Waals surface area contributed by atoms with E-state index in [-0.39, 0.29) is 6.10 Å². The summed E-state index contributed by atoms with van der Waals surface area (Å²) in [5, 5.41) is 9.51. The van der Waals surface area contributed by atoms with Crippen LogP contribution in [0.4, 0.5) is 4.79 Å². The van der Waals surface area contributed by atoms with Gasteiger partial charge in [0.05, 0.1) is 6.10 Å². The van der Waals surface area contributed by atoms with Crippen LogP contribution >= 0.6 is 11.6 Å². The first-order valence-electron chi connectivity index (χ1n) is 5.50. The zero-order valence-electron chi connectivity index (χ0n) is 9.25. The molecule has 1 aromatic carbocycles. The molecule has 0 amide bonds. The van der Waals surface area contributed by atoms with Crippen molar-refractivity contribution >= 4 is 17.0 Å². The Morgan fingerprint density at radius 1 is 1.47 bits per heavy atom. The molecule has 0 saturated carbocycles. The molecule has 0 spiro atoms. The van der Waals surface area contributed by atoms with E-state index in [2.05, 4.69) is 0 Å². The number of aliphatic hydroxyl groups excluding tert-OH is 1. The second kappa shape index (κ2) is 5.49. The van der Waals surface area contributed by atoms with E-state index in [0.717, 1.165) is 5.56 Å². The first-order valence-corrected chi connectivity index (χ1v) is 5.88. The lowest BCUT2D eigenvalue weighted by Gasteiger charge is -2.26. The van der Waals surface area contributed by atoms with Crippen molar-refractivity contribution in [2.45, 2.75) is 18.8 Å². The summed E-state index contributed by atoms with van der Waals surface area (Å²) in [5.41, 5.74) is 0.0239. The molecule has 0 radical (unpaired) electrons. The highest BCUT2D eigenvalue weighted by atomic mass is 35.5. The Balaban J connectivity index is 2.16. The number of aliphatic hydroxyl groups is 1. The minimum absolute atomic E-state index is 0.366. The Bertz CT molecular complexity index is 385. The van der Waals surface area contributed by atoms with Crippen molar-refractivity contribution in [3.8, 4) is 0 Å². The Morgan fingerprint density at radius 2 is 2.18 bits per heavy atom. The average molecular weight is 256 g/mol. The van der Waals surface area contributed by atoms with Crippen molar-refractivity contribution in [3.05, 3.63) is 35.9 Å². The molecule has 2 unspecified atom stereocenters. The highest BCUT2D eigenvalue weighted by Gasteiger charge is 2.30. The molecule has 17 heavy (non-hydrogen) atoms. The molecule has 5 heteroatoms. The minimum atomic E-state index is -0.833. The smallest absolute Gasteiger partial charge is 0.405 e. The van der Waals surface area contributed by atoms with Crippen LogP contribution in [0.5, 0.6) is 0 Å². The zero-order valence-corrected chi connectivity index (χ0v) is 10.0. The summed E-state index contributed by atoms with van der Waals surface area (Å²) >= 11 is 5.29. The number of carbonyl (C=O) groups excluding carboxylic acids is 1. The first kappa shape index (κ1) is 12.4. The van der Waals surface area contributed by atoms with Gasteiger partial charge in [0.25, 0.3) is 0 Å². The van der Waals surface area contributed by atoms with Crippen LogP contribution in [-0.2, 0) is 4.74 Å². The summed E-state index contributed by atoms with van der Waals surface area (Å²) in [7, 11) is 0. The van der Waals surface area contributed by atoms with Crippen LogP contribution in [0.25, 0.3) is 0 Å². The molecule has 4 nitrogen and oxygen atoms in total. The molecule has 92 valence electrons. The number of benzene rings is 1. The van der Waals surface area contributed by atoms with Crippen molar-refractivity contribution in [2.24, 2.45) is 0 Å². The van der Waals surface area contributed by atoms with Gasteiger partial charge in [0.15, 0.2) is 6.23 Å². The standard InChI is InChI=1S/C12H14ClNO3/c13-12(16)17-11(9-4-2-1-3-5-9)14-7-6-10(15)8-14/h1-5,10-11,15H,6-8H2. The molecule has 1 aliphatic rings. The fraction of sp³-hybridized carbons (Fsp3) is 0.417. The van der Waals surface area contributed by atoms with Crippen LogP contribution in [0.3, 0.4) is 0 Å². The van der Waals surface area contributed by atoms with E-state index < -0.39 is 11.7 Å². The lowest BCUT2D eigenvalue weighted by Crippen LogP contribution is -2.30. The van der Waals surface area contributed by atoms with Gasteiger partial charge in [-0.1, -0.05) is 30.3 Å². The van der Waals surface area contributed by atoms with Gasteiger partial charge in [-0.25, -0.2) is 4.79 Å². The number of rotatable bonds is 3. The van der Waals surface area contributed by atoms with Crippen molar-refractivity contribution in [1.82, 2.24) is 4.90 Å². The third-order valence-electron chi connectivity index (χ3n) is 2.82. The summed E-state index contributed by atoms with van der Waals surface area (Å²) < 4.78 is 5.11. The molecular formula is C12H14ClNO3. The SMILES string of the molecule is O=C(Cl)OC(c1ccccc1)N1CCC(O)C1. The number of carbonyl (C=O) groups is 1. The second-order valence-corrected chi connectivity index (χ2v) is 4.36. The largest absolute Gasteiger partial charge is 0.430 e.